The van der Waals surface area contributed by atoms with Crippen LogP contribution in [0.15, 0.2) is 0 Å². The molecule has 1 amide bonds. The third kappa shape index (κ3) is 26.0. The molecule has 0 radical (unpaired) electrons. The normalized spacial score (nSPS) is 26.9. The quantitative estimate of drug-likeness (QED) is 0.0273. The Morgan fingerprint density at radius 2 is 0.877 bits per heavy atom. The zero-order valence-electron chi connectivity index (χ0n) is 41.0. The number of rotatable bonds is 42. The van der Waals surface area contributed by atoms with Crippen molar-refractivity contribution >= 4 is 5.91 Å². The molecule has 0 bridgehead atoms. The first-order valence-corrected chi connectivity index (χ1v) is 26.8. The van der Waals surface area contributed by atoms with E-state index in [1.807, 2.05) is 0 Å². The topological polar surface area (TPSA) is 228 Å². The van der Waals surface area contributed by atoms with Crippen molar-refractivity contribution in [2.24, 2.45) is 0 Å². The van der Waals surface area contributed by atoms with Crippen molar-refractivity contribution in [2.75, 3.05) is 19.8 Å². The molecule has 2 heterocycles. The molecule has 2 aliphatic heterocycles. The lowest BCUT2D eigenvalue weighted by molar-refractivity contribution is -0.359. The lowest BCUT2D eigenvalue weighted by Crippen LogP contribution is -2.65. The molecule has 0 aromatic carbocycles. The average molecular weight is 934 g/mol. The van der Waals surface area contributed by atoms with Crippen molar-refractivity contribution in [3.63, 3.8) is 0 Å². The third-order valence-electron chi connectivity index (χ3n) is 13.6. The van der Waals surface area contributed by atoms with Gasteiger partial charge in [-0.1, -0.05) is 206 Å². The van der Waals surface area contributed by atoms with Crippen LogP contribution in [-0.4, -0.2) is 140 Å². The molecular weight excluding hydrogens is 835 g/mol. The number of aliphatic hydroxyl groups is 8. The van der Waals surface area contributed by atoms with Crippen molar-refractivity contribution in [1.29, 1.82) is 0 Å². The van der Waals surface area contributed by atoms with Crippen LogP contribution in [0.4, 0.5) is 0 Å². The highest BCUT2D eigenvalue weighted by Crippen LogP contribution is 2.30. The Balaban J connectivity index is 1.79. The van der Waals surface area contributed by atoms with Gasteiger partial charge < -0.3 is 65.1 Å². The van der Waals surface area contributed by atoms with E-state index in [2.05, 4.69) is 19.2 Å². The first-order chi connectivity index (χ1) is 31.6. The van der Waals surface area contributed by atoms with Gasteiger partial charge in [0.2, 0.25) is 5.91 Å². The van der Waals surface area contributed by atoms with Crippen LogP contribution in [0.5, 0.6) is 0 Å². The van der Waals surface area contributed by atoms with E-state index >= 15 is 0 Å². The van der Waals surface area contributed by atoms with Crippen LogP contribution in [0.2, 0.25) is 0 Å². The highest BCUT2D eigenvalue weighted by Gasteiger charge is 2.51. The molecule has 2 aliphatic rings. The fraction of sp³-hybridized carbons (Fsp3) is 0.980. The predicted octanol–water partition coefficient (Wildman–Crippen LogP) is 7.39. The summed E-state index contributed by atoms with van der Waals surface area (Å²) in [6.45, 7) is 2.87. The summed E-state index contributed by atoms with van der Waals surface area (Å²) >= 11 is 0. The second kappa shape index (κ2) is 38.8. The number of aliphatic hydroxyl groups excluding tert-OH is 8. The van der Waals surface area contributed by atoms with Crippen LogP contribution in [0.25, 0.3) is 0 Å². The number of carbonyl (C=O) groups excluding carboxylic acids is 1. The highest BCUT2D eigenvalue weighted by atomic mass is 16.7. The van der Waals surface area contributed by atoms with E-state index in [9.17, 15) is 45.6 Å². The minimum Gasteiger partial charge on any atom is -0.394 e. The lowest BCUT2D eigenvalue weighted by Gasteiger charge is -2.46. The molecule has 0 spiro atoms. The molecule has 12 atom stereocenters. The number of hydrogen-bond donors (Lipinski definition) is 9. The van der Waals surface area contributed by atoms with E-state index < -0.39 is 86.8 Å². The zero-order chi connectivity index (χ0) is 47.5. The molecule has 0 aromatic heterocycles. The molecule has 2 saturated heterocycles. The third-order valence-corrected chi connectivity index (χ3v) is 13.6. The summed E-state index contributed by atoms with van der Waals surface area (Å²) in [7, 11) is 0. The lowest BCUT2D eigenvalue weighted by atomic mass is 9.97. The standard InChI is InChI=1S/C51H99NO13/c1-3-5-7-9-11-13-15-17-18-19-20-21-23-25-27-29-31-33-35-43(56)52-39(40(55)34-32-30-28-26-24-22-16-14-12-10-8-6-4-2)38-62-50-48(61)46(59)49(42(37-54)64-50)65-51-47(60)45(58)44(57)41(36-53)63-51/h39-42,44-51,53-55,57-61H,3-38H2,1-2H3,(H,52,56)/t39-,40+,41+,42+,44-,45?,46?,47?,48?,49+,50+,51-/m0/s1. The van der Waals surface area contributed by atoms with E-state index in [0.29, 0.717) is 12.8 Å². The van der Waals surface area contributed by atoms with Crippen LogP contribution in [0, 0.1) is 0 Å². The molecule has 0 saturated carbocycles. The first-order valence-electron chi connectivity index (χ1n) is 26.8. The maximum Gasteiger partial charge on any atom is 0.220 e. The van der Waals surface area contributed by atoms with Gasteiger partial charge in [0.05, 0.1) is 32.0 Å². The molecule has 0 aromatic rings. The molecule has 14 nitrogen and oxygen atoms in total. The Labute approximate surface area is 393 Å². The van der Waals surface area contributed by atoms with Gasteiger partial charge in [-0.2, -0.15) is 0 Å². The summed E-state index contributed by atoms with van der Waals surface area (Å²) in [6.07, 6.45) is 22.4. The Morgan fingerprint density at radius 1 is 0.492 bits per heavy atom. The van der Waals surface area contributed by atoms with Crippen molar-refractivity contribution < 1.29 is 64.6 Å². The van der Waals surface area contributed by atoms with Crippen molar-refractivity contribution in [3.05, 3.63) is 0 Å². The minimum atomic E-state index is -1.78. The first kappa shape index (κ1) is 60.1. The van der Waals surface area contributed by atoms with E-state index in [0.717, 1.165) is 51.4 Å². The minimum absolute atomic E-state index is 0.203. The summed E-state index contributed by atoms with van der Waals surface area (Å²) in [4.78, 5) is 13.2. The van der Waals surface area contributed by atoms with Crippen molar-refractivity contribution in [2.45, 2.75) is 299 Å². The number of unbranched alkanes of at least 4 members (excludes halogenated alkanes) is 29. The fourth-order valence-corrected chi connectivity index (χ4v) is 9.18. The molecule has 14 heteroatoms. The molecular formula is C51H99NO13. The Morgan fingerprint density at radius 3 is 1.31 bits per heavy atom. The van der Waals surface area contributed by atoms with Gasteiger partial charge in [-0.25, -0.2) is 0 Å². The van der Waals surface area contributed by atoms with Gasteiger partial charge in [-0.05, 0) is 12.8 Å². The van der Waals surface area contributed by atoms with Crippen LogP contribution in [-0.2, 0) is 23.7 Å². The number of ether oxygens (including phenoxy) is 4. The summed E-state index contributed by atoms with van der Waals surface area (Å²) in [5.41, 5.74) is 0. The Hall–Kier alpha value is -1.01. The maximum atomic E-state index is 13.2. The zero-order valence-corrected chi connectivity index (χ0v) is 41.0. The molecule has 2 fully saturated rings. The number of hydrogen-bond acceptors (Lipinski definition) is 13. The van der Waals surface area contributed by atoms with Crippen molar-refractivity contribution in [1.82, 2.24) is 5.32 Å². The van der Waals surface area contributed by atoms with Crippen LogP contribution < -0.4 is 5.32 Å². The second-order valence-corrected chi connectivity index (χ2v) is 19.4. The highest BCUT2D eigenvalue weighted by molar-refractivity contribution is 5.76. The van der Waals surface area contributed by atoms with E-state index in [-0.39, 0.29) is 12.5 Å². The molecule has 2 rings (SSSR count). The average Bonchev–Trinajstić information content (AvgIpc) is 3.30. The Bertz CT molecular complexity index is 1100. The molecule has 0 aliphatic carbocycles. The number of nitrogens with one attached hydrogen (secondary N) is 1. The SMILES string of the molecule is CCCCCCCCCCCCCCCCCCCCC(=O)N[C@@H](CO[C@@H]1O[C@H](CO)[C@@H](O[C@@H]2O[C@H](CO)[C@H](O)C(O)C2O)C(O)C1O)[C@H](O)CCCCCCCCCCCCCCC. The number of amides is 1. The van der Waals surface area contributed by atoms with E-state index in [4.69, 9.17) is 18.9 Å². The van der Waals surface area contributed by atoms with Crippen molar-refractivity contribution in [3.8, 4) is 0 Å². The largest absolute Gasteiger partial charge is 0.394 e. The van der Waals surface area contributed by atoms with Crippen LogP contribution in [0.3, 0.4) is 0 Å². The fourth-order valence-electron chi connectivity index (χ4n) is 9.18. The predicted molar refractivity (Wildman–Crippen MR) is 254 cm³/mol. The van der Waals surface area contributed by atoms with Gasteiger partial charge in [-0.3, -0.25) is 4.79 Å². The van der Waals surface area contributed by atoms with Gasteiger partial charge in [0.15, 0.2) is 12.6 Å². The summed E-state index contributed by atoms with van der Waals surface area (Å²) in [5.74, 6) is -0.203. The van der Waals surface area contributed by atoms with Crippen LogP contribution >= 0.6 is 0 Å². The smallest absolute Gasteiger partial charge is 0.220 e. The van der Waals surface area contributed by atoms with Crippen LogP contribution in [0.1, 0.15) is 226 Å². The molecule has 9 N–H and O–H groups in total. The molecule has 386 valence electrons. The Kier molecular flexibility index (Phi) is 35.9. The van der Waals surface area contributed by atoms with Gasteiger partial charge in [0, 0.05) is 6.42 Å². The summed E-state index contributed by atoms with van der Waals surface area (Å²) in [6, 6.07) is -0.820. The monoisotopic (exact) mass is 934 g/mol. The molecule has 65 heavy (non-hydrogen) atoms. The van der Waals surface area contributed by atoms with Gasteiger partial charge in [-0.15, -0.1) is 0 Å². The van der Waals surface area contributed by atoms with Gasteiger partial charge in [0.25, 0.3) is 0 Å². The van der Waals surface area contributed by atoms with E-state index in [1.54, 1.807) is 0 Å². The van der Waals surface area contributed by atoms with Gasteiger partial charge in [0.1, 0.15) is 48.8 Å². The maximum absolute atomic E-state index is 13.2. The van der Waals surface area contributed by atoms with Gasteiger partial charge >= 0.3 is 0 Å². The number of carbonyl (C=O) groups is 1. The molecule has 4 unspecified atom stereocenters. The van der Waals surface area contributed by atoms with E-state index in [1.165, 1.54) is 148 Å². The summed E-state index contributed by atoms with van der Waals surface area (Å²) < 4.78 is 22.8. The second-order valence-electron chi connectivity index (χ2n) is 19.4. The summed E-state index contributed by atoms with van der Waals surface area (Å²) in [5, 5.41) is 86.9.